The Hall–Kier alpha value is -2.66. The Balaban J connectivity index is 2.06. The number of hydrogen-bond acceptors (Lipinski definition) is 3. The largest absolute Gasteiger partial charge is 0.385 e. The van der Waals surface area contributed by atoms with Crippen LogP contribution in [0.15, 0.2) is 48.5 Å². The fourth-order valence-corrected chi connectivity index (χ4v) is 2.20. The van der Waals surface area contributed by atoms with Gasteiger partial charge in [0, 0.05) is 25.8 Å². The standard InChI is InChI=1S/C19H22N2O3/c1-14-8-10-15(11-9-14)18(22)21-17-7-4-3-6-16(17)19(23)20-12-5-13-24-2/h3-4,6-11H,5,12-13H2,1-2H3,(H,20,23)(H,21,22). The van der Waals surface area contributed by atoms with Gasteiger partial charge < -0.3 is 15.4 Å². The quantitative estimate of drug-likeness (QED) is 0.769. The van der Waals surface area contributed by atoms with Crippen molar-refractivity contribution in [2.45, 2.75) is 13.3 Å². The van der Waals surface area contributed by atoms with E-state index in [0.29, 0.717) is 30.0 Å². The van der Waals surface area contributed by atoms with E-state index >= 15 is 0 Å². The molecular weight excluding hydrogens is 304 g/mol. The highest BCUT2D eigenvalue weighted by molar-refractivity contribution is 6.09. The molecule has 2 amide bonds. The van der Waals surface area contributed by atoms with E-state index in [1.54, 1.807) is 43.5 Å². The van der Waals surface area contributed by atoms with Gasteiger partial charge in [-0.2, -0.15) is 0 Å². The van der Waals surface area contributed by atoms with Crippen LogP contribution in [0.1, 0.15) is 32.7 Å². The molecule has 0 radical (unpaired) electrons. The molecule has 0 saturated carbocycles. The Morgan fingerprint density at radius 1 is 1.00 bits per heavy atom. The Kier molecular flexibility index (Phi) is 6.51. The van der Waals surface area contributed by atoms with Crippen molar-refractivity contribution in [3.8, 4) is 0 Å². The molecule has 2 N–H and O–H groups in total. The molecule has 0 saturated heterocycles. The number of benzene rings is 2. The van der Waals surface area contributed by atoms with Gasteiger partial charge in [-0.1, -0.05) is 29.8 Å². The van der Waals surface area contributed by atoms with Gasteiger partial charge in [0.25, 0.3) is 11.8 Å². The smallest absolute Gasteiger partial charge is 0.255 e. The SMILES string of the molecule is COCCCNC(=O)c1ccccc1NC(=O)c1ccc(C)cc1. The molecular formula is C19H22N2O3. The molecule has 0 fully saturated rings. The van der Waals surface area contributed by atoms with Crippen LogP contribution in [0, 0.1) is 6.92 Å². The van der Waals surface area contributed by atoms with Gasteiger partial charge >= 0.3 is 0 Å². The molecule has 5 heteroatoms. The summed E-state index contributed by atoms with van der Waals surface area (Å²) in [5, 5.41) is 5.63. The van der Waals surface area contributed by atoms with E-state index in [2.05, 4.69) is 10.6 Å². The molecule has 2 aromatic carbocycles. The van der Waals surface area contributed by atoms with Gasteiger partial charge in [-0.15, -0.1) is 0 Å². The summed E-state index contributed by atoms with van der Waals surface area (Å²) in [6.45, 7) is 3.07. The summed E-state index contributed by atoms with van der Waals surface area (Å²) < 4.78 is 4.95. The Bertz CT molecular complexity index is 696. The van der Waals surface area contributed by atoms with Crippen molar-refractivity contribution in [1.29, 1.82) is 0 Å². The van der Waals surface area contributed by atoms with Gasteiger partial charge in [0.05, 0.1) is 11.3 Å². The lowest BCUT2D eigenvalue weighted by Crippen LogP contribution is -2.26. The lowest BCUT2D eigenvalue weighted by atomic mass is 10.1. The van der Waals surface area contributed by atoms with Gasteiger partial charge in [0.1, 0.15) is 0 Å². The minimum atomic E-state index is -0.241. The summed E-state index contributed by atoms with van der Waals surface area (Å²) in [5.74, 6) is -0.458. The summed E-state index contributed by atoms with van der Waals surface area (Å²) >= 11 is 0. The van der Waals surface area contributed by atoms with E-state index in [1.165, 1.54) is 0 Å². The topological polar surface area (TPSA) is 67.4 Å². The van der Waals surface area contributed by atoms with Crippen LogP contribution >= 0.6 is 0 Å². The molecule has 0 bridgehead atoms. The minimum absolute atomic E-state index is 0.217. The van der Waals surface area contributed by atoms with Crippen molar-refractivity contribution in [3.05, 3.63) is 65.2 Å². The molecule has 0 aromatic heterocycles. The van der Waals surface area contributed by atoms with Crippen LogP contribution < -0.4 is 10.6 Å². The van der Waals surface area contributed by atoms with E-state index in [0.717, 1.165) is 12.0 Å². The van der Waals surface area contributed by atoms with E-state index in [-0.39, 0.29) is 11.8 Å². The number of aryl methyl sites for hydroxylation is 1. The minimum Gasteiger partial charge on any atom is -0.385 e. The highest BCUT2D eigenvalue weighted by Crippen LogP contribution is 2.16. The summed E-state index contributed by atoms with van der Waals surface area (Å²) in [6.07, 6.45) is 0.736. The molecule has 2 aromatic rings. The zero-order valence-corrected chi connectivity index (χ0v) is 14.0. The highest BCUT2D eigenvalue weighted by Gasteiger charge is 2.13. The van der Waals surface area contributed by atoms with Gasteiger partial charge in [-0.05, 0) is 37.6 Å². The van der Waals surface area contributed by atoms with Crippen LogP contribution in [0.5, 0.6) is 0 Å². The number of methoxy groups -OCH3 is 1. The van der Waals surface area contributed by atoms with E-state index in [1.807, 2.05) is 19.1 Å². The first-order chi connectivity index (χ1) is 11.6. The maximum Gasteiger partial charge on any atom is 0.255 e. The van der Waals surface area contributed by atoms with Crippen molar-refractivity contribution in [3.63, 3.8) is 0 Å². The lowest BCUT2D eigenvalue weighted by Gasteiger charge is -2.11. The lowest BCUT2D eigenvalue weighted by molar-refractivity contribution is 0.0949. The second-order valence-electron chi connectivity index (χ2n) is 5.47. The molecule has 2 rings (SSSR count). The van der Waals surface area contributed by atoms with Crippen molar-refractivity contribution < 1.29 is 14.3 Å². The summed E-state index contributed by atoms with van der Waals surface area (Å²) in [5.41, 5.74) is 2.57. The molecule has 0 spiro atoms. The number of amides is 2. The predicted molar refractivity (Wildman–Crippen MR) is 94.4 cm³/mol. The predicted octanol–water partition coefficient (Wildman–Crippen LogP) is 3.01. The first-order valence-corrected chi connectivity index (χ1v) is 7.86. The average molecular weight is 326 g/mol. The van der Waals surface area contributed by atoms with E-state index in [4.69, 9.17) is 4.74 Å². The second-order valence-corrected chi connectivity index (χ2v) is 5.47. The number of carbonyl (C=O) groups excluding carboxylic acids is 2. The second kappa shape index (κ2) is 8.84. The van der Waals surface area contributed by atoms with Crippen molar-refractivity contribution >= 4 is 17.5 Å². The van der Waals surface area contributed by atoms with Crippen molar-refractivity contribution in [2.75, 3.05) is 25.6 Å². The molecule has 0 unspecified atom stereocenters. The molecule has 126 valence electrons. The third kappa shape index (κ3) is 4.93. The molecule has 5 nitrogen and oxygen atoms in total. The molecule has 0 heterocycles. The first kappa shape index (κ1) is 17.7. The normalized spacial score (nSPS) is 10.2. The number of hydrogen-bond donors (Lipinski definition) is 2. The monoisotopic (exact) mass is 326 g/mol. The molecule has 0 aliphatic carbocycles. The third-order valence-corrected chi connectivity index (χ3v) is 3.54. The summed E-state index contributed by atoms with van der Waals surface area (Å²) in [6, 6.07) is 14.2. The van der Waals surface area contributed by atoms with Gasteiger partial charge in [-0.25, -0.2) is 0 Å². The maximum absolute atomic E-state index is 12.3. The fraction of sp³-hybridized carbons (Fsp3) is 0.263. The van der Waals surface area contributed by atoms with Crippen LogP contribution in [0.3, 0.4) is 0 Å². The van der Waals surface area contributed by atoms with Crippen LogP contribution in [-0.2, 0) is 4.74 Å². The van der Waals surface area contributed by atoms with Gasteiger partial charge in [0.2, 0.25) is 0 Å². The number of anilines is 1. The number of para-hydroxylation sites is 1. The first-order valence-electron chi connectivity index (χ1n) is 7.86. The van der Waals surface area contributed by atoms with Gasteiger partial charge in [0.15, 0.2) is 0 Å². The number of carbonyl (C=O) groups is 2. The number of rotatable bonds is 7. The van der Waals surface area contributed by atoms with Crippen LogP contribution in [0.25, 0.3) is 0 Å². The molecule has 24 heavy (non-hydrogen) atoms. The van der Waals surface area contributed by atoms with Crippen molar-refractivity contribution in [1.82, 2.24) is 5.32 Å². The van der Waals surface area contributed by atoms with E-state index < -0.39 is 0 Å². The fourth-order valence-electron chi connectivity index (χ4n) is 2.20. The highest BCUT2D eigenvalue weighted by atomic mass is 16.5. The average Bonchev–Trinajstić information content (AvgIpc) is 2.59. The zero-order valence-electron chi connectivity index (χ0n) is 14.0. The Morgan fingerprint density at radius 2 is 1.71 bits per heavy atom. The van der Waals surface area contributed by atoms with E-state index in [9.17, 15) is 9.59 Å². The summed E-state index contributed by atoms with van der Waals surface area (Å²) in [4.78, 5) is 24.6. The van der Waals surface area contributed by atoms with Gasteiger partial charge in [-0.3, -0.25) is 9.59 Å². The number of nitrogens with one attached hydrogen (secondary N) is 2. The molecule has 0 aliphatic rings. The third-order valence-electron chi connectivity index (χ3n) is 3.54. The van der Waals surface area contributed by atoms with Crippen molar-refractivity contribution in [2.24, 2.45) is 0 Å². The zero-order chi connectivity index (χ0) is 17.4. The maximum atomic E-state index is 12.3. The van der Waals surface area contributed by atoms with Crippen LogP contribution in [-0.4, -0.2) is 32.1 Å². The van der Waals surface area contributed by atoms with Crippen LogP contribution in [0.2, 0.25) is 0 Å². The Labute approximate surface area is 142 Å². The molecule has 0 atom stereocenters. The Morgan fingerprint density at radius 3 is 2.42 bits per heavy atom. The molecule has 0 aliphatic heterocycles. The number of ether oxygens (including phenoxy) is 1. The summed E-state index contributed by atoms with van der Waals surface area (Å²) in [7, 11) is 1.62. The van der Waals surface area contributed by atoms with Crippen LogP contribution in [0.4, 0.5) is 5.69 Å².